The van der Waals surface area contributed by atoms with Crippen LogP contribution in [-0.4, -0.2) is 5.91 Å². The van der Waals surface area contributed by atoms with Crippen molar-refractivity contribution in [2.45, 2.75) is 18.4 Å². The highest BCUT2D eigenvalue weighted by Gasteiger charge is 2.11. The fourth-order valence-corrected chi connectivity index (χ4v) is 2.01. The minimum absolute atomic E-state index is 0.0708. The van der Waals surface area contributed by atoms with E-state index in [1.54, 1.807) is 25.1 Å². The van der Waals surface area contributed by atoms with Crippen molar-refractivity contribution in [3.63, 3.8) is 0 Å². The van der Waals surface area contributed by atoms with E-state index in [4.69, 9.17) is 0 Å². The summed E-state index contributed by atoms with van der Waals surface area (Å²) < 4.78 is 26.5. The molecule has 0 aliphatic heterocycles. The number of aryl methyl sites for hydroxylation is 1. The number of nitrogens with one attached hydrogen (secondary N) is 1. The Balaban J connectivity index is 2.12. The lowest BCUT2D eigenvalue weighted by Gasteiger charge is -2.09. The molecule has 0 unspecified atom stereocenters. The second-order valence-electron chi connectivity index (χ2n) is 4.42. The molecule has 0 saturated heterocycles. The monoisotopic (exact) mass is 293 g/mol. The number of hydrogen-bond acceptors (Lipinski definition) is 2. The number of amides is 1. The van der Waals surface area contributed by atoms with Gasteiger partial charge < -0.3 is 5.32 Å². The first-order chi connectivity index (χ1) is 9.47. The van der Waals surface area contributed by atoms with Crippen molar-refractivity contribution in [2.24, 2.45) is 0 Å². The summed E-state index contributed by atoms with van der Waals surface area (Å²) >= 11 is 4.17. The Kier molecular flexibility index (Phi) is 4.39. The molecule has 0 atom stereocenters. The van der Waals surface area contributed by atoms with Crippen molar-refractivity contribution < 1.29 is 13.6 Å². The number of thiol groups is 1. The van der Waals surface area contributed by atoms with Crippen molar-refractivity contribution in [3.05, 3.63) is 64.7 Å². The predicted octanol–water partition coefficient (Wildman–Crippen LogP) is 3.49. The summed E-state index contributed by atoms with van der Waals surface area (Å²) in [5.74, 6) is -1.43. The third-order valence-corrected chi connectivity index (χ3v) is 3.19. The van der Waals surface area contributed by atoms with Crippen LogP contribution in [0.3, 0.4) is 0 Å². The highest BCUT2D eigenvalue weighted by Crippen LogP contribution is 2.15. The Hall–Kier alpha value is -1.88. The Morgan fingerprint density at radius 2 is 1.95 bits per heavy atom. The van der Waals surface area contributed by atoms with Gasteiger partial charge in [-0.2, -0.15) is 0 Å². The van der Waals surface area contributed by atoms with E-state index in [2.05, 4.69) is 17.9 Å². The fraction of sp³-hybridized carbons (Fsp3) is 0.133. The number of benzene rings is 2. The number of carbonyl (C=O) groups is 1. The number of hydrogen-bond donors (Lipinski definition) is 2. The number of carbonyl (C=O) groups excluding carboxylic acids is 1. The third-order valence-electron chi connectivity index (χ3n) is 2.91. The zero-order valence-corrected chi connectivity index (χ0v) is 11.7. The molecule has 1 N–H and O–H groups in total. The van der Waals surface area contributed by atoms with Crippen LogP contribution in [0.5, 0.6) is 0 Å². The van der Waals surface area contributed by atoms with E-state index in [-0.39, 0.29) is 18.0 Å². The second kappa shape index (κ2) is 6.05. The Morgan fingerprint density at radius 3 is 2.70 bits per heavy atom. The van der Waals surface area contributed by atoms with Crippen LogP contribution in [-0.2, 0) is 6.54 Å². The highest BCUT2D eigenvalue weighted by atomic mass is 32.1. The Bertz CT molecular complexity index is 658. The van der Waals surface area contributed by atoms with Gasteiger partial charge in [-0.25, -0.2) is 8.78 Å². The second-order valence-corrected chi connectivity index (χ2v) is 4.93. The molecule has 0 radical (unpaired) electrons. The summed E-state index contributed by atoms with van der Waals surface area (Å²) in [5, 5.41) is 2.57. The van der Waals surface area contributed by atoms with Crippen LogP contribution in [0, 0.1) is 18.6 Å². The van der Waals surface area contributed by atoms with Gasteiger partial charge in [-0.3, -0.25) is 4.79 Å². The van der Waals surface area contributed by atoms with Crippen LogP contribution < -0.4 is 5.32 Å². The van der Waals surface area contributed by atoms with Crippen molar-refractivity contribution >= 4 is 18.5 Å². The zero-order chi connectivity index (χ0) is 14.7. The summed E-state index contributed by atoms with van der Waals surface area (Å²) in [6.07, 6.45) is 0. The minimum atomic E-state index is -0.550. The van der Waals surface area contributed by atoms with Crippen molar-refractivity contribution in [3.8, 4) is 0 Å². The van der Waals surface area contributed by atoms with Gasteiger partial charge in [0.15, 0.2) is 0 Å². The van der Waals surface area contributed by atoms with Gasteiger partial charge >= 0.3 is 0 Å². The molecule has 0 aliphatic carbocycles. The van der Waals surface area contributed by atoms with E-state index in [0.29, 0.717) is 10.5 Å². The van der Waals surface area contributed by atoms with Crippen molar-refractivity contribution in [1.29, 1.82) is 0 Å². The number of halogens is 2. The summed E-state index contributed by atoms with van der Waals surface area (Å²) in [5.41, 5.74) is 1.37. The first-order valence-corrected chi connectivity index (χ1v) is 6.44. The Morgan fingerprint density at radius 1 is 1.20 bits per heavy atom. The molecule has 2 aromatic carbocycles. The molecule has 2 aromatic rings. The Labute approximate surface area is 121 Å². The standard InChI is InChI=1S/C15H13F2NOS/c1-9-2-4-12(20)7-13(9)15(19)18-8-10-6-11(16)3-5-14(10)17/h2-7,20H,8H2,1H3,(H,18,19). The van der Waals surface area contributed by atoms with Crippen LogP contribution in [0.4, 0.5) is 8.78 Å². The quantitative estimate of drug-likeness (QED) is 0.833. The summed E-state index contributed by atoms with van der Waals surface area (Å²) in [6, 6.07) is 8.33. The molecule has 0 heterocycles. The summed E-state index contributed by atoms with van der Waals surface area (Å²) in [6.45, 7) is 1.73. The molecule has 0 bridgehead atoms. The summed E-state index contributed by atoms with van der Waals surface area (Å²) in [4.78, 5) is 12.7. The lowest BCUT2D eigenvalue weighted by atomic mass is 10.1. The lowest BCUT2D eigenvalue weighted by molar-refractivity contribution is 0.0949. The van der Waals surface area contributed by atoms with E-state index in [0.717, 1.165) is 23.8 Å². The molecule has 20 heavy (non-hydrogen) atoms. The van der Waals surface area contributed by atoms with Crippen molar-refractivity contribution in [1.82, 2.24) is 5.32 Å². The van der Waals surface area contributed by atoms with E-state index < -0.39 is 11.6 Å². The first kappa shape index (κ1) is 14.5. The summed E-state index contributed by atoms with van der Waals surface area (Å²) in [7, 11) is 0. The average molecular weight is 293 g/mol. The van der Waals surface area contributed by atoms with E-state index >= 15 is 0 Å². The SMILES string of the molecule is Cc1ccc(S)cc1C(=O)NCc1cc(F)ccc1F. The topological polar surface area (TPSA) is 29.1 Å². The van der Waals surface area contributed by atoms with E-state index in [1.807, 2.05) is 0 Å². The molecule has 0 aromatic heterocycles. The molecule has 1 amide bonds. The van der Waals surface area contributed by atoms with E-state index in [9.17, 15) is 13.6 Å². The van der Waals surface area contributed by atoms with Crippen LogP contribution in [0.2, 0.25) is 0 Å². The van der Waals surface area contributed by atoms with Crippen LogP contribution >= 0.6 is 12.6 Å². The molecular weight excluding hydrogens is 280 g/mol. The molecule has 5 heteroatoms. The molecule has 0 saturated carbocycles. The normalized spacial score (nSPS) is 10.4. The van der Waals surface area contributed by atoms with Gasteiger partial charge in [-0.1, -0.05) is 6.07 Å². The van der Waals surface area contributed by atoms with Gasteiger partial charge in [-0.05, 0) is 42.8 Å². The number of rotatable bonds is 3. The molecule has 0 fully saturated rings. The first-order valence-electron chi connectivity index (χ1n) is 5.99. The van der Waals surface area contributed by atoms with Gasteiger partial charge in [0, 0.05) is 22.6 Å². The fourth-order valence-electron chi connectivity index (χ4n) is 1.80. The van der Waals surface area contributed by atoms with Crippen LogP contribution in [0.25, 0.3) is 0 Å². The minimum Gasteiger partial charge on any atom is -0.348 e. The maximum absolute atomic E-state index is 13.4. The van der Waals surface area contributed by atoms with E-state index in [1.165, 1.54) is 0 Å². The molecule has 104 valence electrons. The van der Waals surface area contributed by atoms with Crippen LogP contribution in [0.15, 0.2) is 41.3 Å². The maximum Gasteiger partial charge on any atom is 0.251 e. The van der Waals surface area contributed by atoms with Crippen molar-refractivity contribution in [2.75, 3.05) is 0 Å². The van der Waals surface area contributed by atoms with Gasteiger partial charge in [0.25, 0.3) is 5.91 Å². The molecule has 0 aliphatic rings. The maximum atomic E-state index is 13.4. The lowest BCUT2D eigenvalue weighted by Crippen LogP contribution is -2.24. The zero-order valence-electron chi connectivity index (χ0n) is 10.8. The van der Waals surface area contributed by atoms with Gasteiger partial charge in [0.1, 0.15) is 11.6 Å². The molecule has 2 nitrogen and oxygen atoms in total. The molecular formula is C15H13F2NOS. The predicted molar refractivity (Wildman–Crippen MR) is 76.0 cm³/mol. The average Bonchev–Trinajstić information content (AvgIpc) is 2.42. The molecule has 2 rings (SSSR count). The van der Waals surface area contributed by atoms with Gasteiger partial charge in [0.05, 0.1) is 0 Å². The largest absolute Gasteiger partial charge is 0.348 e. The smallest absolute Gasteiger partial charge is 0.251 e. The molecule has 0 spiro atoms. The van der Waals surface area contributed by atoms with Gasteiger partial charge in [0.2, 0.25) is 0 Å². The highest BCUT2D eigenvalue weighted by molar-refractivity contribution is 7.80. The third kappa shape index (κ3) is 3.36. The van der Waals surface area contributed by atoms with Gasteiger partial charge in [-0.15, -0.1) is 12.6 Å². The van der Waals surface area contributed by atoms with Crippen LogP contribution in [0.1, 0.15) is 21.5 Å².